The Morgan fingerprint density at radius 2 is 1.88 bits per heavy atom. The molecular weight excluding hydrogens is 452 g/mol. The number of nitro benzene ring substituents is 1. The summed E-state index contributed by atoms with van der Waals surface area (Å²) < 4.78 is 5.73. The normalized spacial score (nSPS) is 14.6. The molecule has 0 aliphatic carbocycles. The van der Waals surface area contributed by atoms with Gasteiger partial charge in [0, 0.05) is 42.8 Å². The number of nitro groups is 1. The molecule has 1 aliphatic heterocycles. The number of piperazine rings is 1. The van der Waals surface area contributed by atoms with Gasteiger partial charge in [-0.05, 0) is 62.0 Å². The number of halogens is 1. The fourth-order valence-corrected chi connectivity index (χ4v) is 3.75. The Morgan fingerprint density at radius 3 is 2.47 bits per heavy atom. The molecule has 2 aromatic rings. The highest BCUT2D eigenvalue weighted by molar-refractivity contribution is 7.80. The lowest BCUT2D eigenvalue weighted by molar-refractivity contribution is -0.384. The van der Waals surface area contributed by atoms with E-state index in [1.54, 1.807) is 36.4 Å². The molecule has 0 radical (unpaired) electrons. The van der Waals surface area contributed by atoms with Crippen LogP contribution in [-0.4, -0.2) is 53.1 Å². The summed E-state index contributed by atoms with van der Waals surface area (Å²) in [4.78, 5) is 27.3. The molecule has 3 rings (SSSR count). The summed E-state index contributed by atoms with van der Waals surface area (Å²) in [6.07, 6.45) is 1.00. The van der Waals surface area contributed by atoms with Crippen LogP contribution in [0.3, 0.4) is 0 Å². The maximum absolute atomic E-state index is 12.6. The summed E-state index contributed by atoms with van der Waals surface area (Å²) >= 11 is 11.3. The highest BCUT2D eigenvalue weighted by Gasteiger charge is 2.25. The SMILES string of the molecule is CC[C@H](C)Oc1ccc(C(=O)NC(=S)N2CCN(c3ccc(Cl)cc3[N+](=O)[O-])CC2)cc1. The van der Waals surface area contributed by atoms with E-state index < -0.39 is 4.92 Å². The third-order valence-corrected chi connectivity index (χ3v) is 5.89. The predicted octanol–water partition coefficient (Wildman–Crippen LogP) is 4.26. The molecule has 0 spiro atoms. The fraction of sp³-hybridized carbons (Fsp3) is 0.364. The first-order valence-electron chi connectivity index (χ1n) is 10.3. The lowest BCUT2D eigenvalue weighted by Crippen LogP contribution is -2.52. The van der Waals surface area contributed by atoms with Crippen molar-refractivity contribution in [2.24, 2.45) is 0 Å². The van der Waals surface area contributed by atoms with E-state index in [0.29, 0.717) is 53.3 Å². The van der Waals surface area contributed by atoms with Gasteiger partial charge in [0.15, 0.2) is 5.11 Å². The molecule has 0 aromatic heterocycles. The molecule has 1 amide bonds. The van der Waals surface area contributed by atoms with Gasteiger partial charge in [0.25, 0.3) is 11.6 Å². The van der Waals surface area contributed by atoms with Crippen molar-refractivity contribution in [1.29, 1.82) is 0 Å². The zero-order chi connectivity index (χ0) is 23.3. The second kappa shape index (κ2) is 10.6. The quantitative estimate of drug-likeness (QED) is 0.378. The molecule has 8 nitrogen and oxygen atoms in total. The van der Waals surface area contributed by atoms with Gasteiger partial charge in [-0.1, -0.05) is 18.5 Å². The Balaban J connectivity index is 1.56. The molecule has 1 heterocycles. The summed E-state index contributed by atoms with van der Waals surface area (Å²) in [6.45, 7) is 6.15. The van der Waals surface area contributed by atoms with Gasteiger partial charge < -0.3 is 14.5 Å². The van der Waals surface area contributed by atoms with E-state index in [1.165, 1.54) is 6.07 Å². The third kappa shape index (κ3) is 5.86. The first-order chi connectivity index (χ1) is 15.3. The van der Waals surface area contributed by atoms with Gasteiger partial charge in [-0.15, -0.1) is 0 Å². The summed E-state index contributed by atoms with van der Waals surface area (Å²) in [5, 5.41) is 14.8. The number of hydrogen-bond donors (Lipinski definition) is 1. The van der Waals surface area contributed by atoms with E-state index in [1.807, 2.05) is 23.6 Å². The van der Waals surface area contributed by atoms with Crippen molar-refractivity contribution in [3.63, 3.8) is 0 Å². The van der Waals surface area contributed by atoms with Gasteiger partial charge in [-0.3, -0.25) is 20.2 Å². The summed E-state index contributed by atoms with van der Waals surface area (Å²) in [5.41, 5.74) is 0.982. The van der Waals surface area contributed by atoms with Crippen LogP contribution in [-0.2, 0) is 0 Å². The Kier molecular flexibility index (Phi) is 7.87. The lowest BCUT2D eigenvalue weighted by Gasteiger charge is -2.37. The minimum atomic E-state index is -0.433. The average molecular weight is 477 g/mol. The van der Waals surface area contributed by atoms with Crippen LogP contribution < -0.4 is 15.0 Å². The number of anilines is 1. The Bertz CT molecular complexity index is 994. The van der Waals surface area contributed by atoms with E-state index in [9.17, 15) is 14.9 Å². The summed E-state index contributed by atoms with van der Waals surface area (Å²) in [5.74, 6) is 0.423. The molecule has 170 valence electrons. The zero-order valence-electron chi connectivity index (χ0n) is 17.9. The molecule has 10 heteroatoms. The second-order valence-electron chi connectivity index (χ2n) is 7.48. The summed E-state index contributed by atoms with van der Waals surface area (Å²) in [7, 11) is 0. The Hall–Kier alpha value is -2.91. The van der Waals surface area contributed by atoms with E-state index in [4.69, 9.17) is 28.6 Å². The van der Waals surface area contributed by atoms with Crippen LogP contribution in [0.4, 0.5) is 11.4 Å². The molecule has 1 fully saturated rings. The monoisotopic (exact) mass is 476 g/mol. The zero-order valence-corrected chi connectivity index (χ0v) is 19.5. The number of amides is 1. The Labute approximate surface area is 197 Å². The predicted molar refractivity (Wildman–Crippen MR) is 129 cm³/mol. The minimum absolute atomic E-state index is 0.0254. The standard InChI is InChI=1S/C22H25ClN4O4S/c1-3-15(2)31-18-7-4-16(5-8-18)21(28)24-22(32)26-12-10-25(11-13-26)19-9-6-17(23)14-20(19)27(29)30/h4-9,14-15H,3,10-13H2,1-2H3,(H,24,28,32)/t15-/m0/s1. The van der Waals surface area contributed by atoms with Crippen molar-refractivity contribution in [2.45, 2.75) is 26.4 Å². The number of ether oxygens (including phenoxy) is 1. The van der Waals surface area contributed by atoms with E-state index >= 15 is 0 Å². The average Bonchev–Trinajstić information content (AvgIpc) is 2.79. The number of nitrogens with one attached hydrogen (secondary N) is 1. The number of benzene rings is 2. The van der Waals surface area contributed by atoms with Crippen LogP contribution in [0.15, 0.2) is 42.5 Å². The largest absolute Gasteiger partial charge is 0.491 e. The fourth-order valence-electron chi connectivity index (χ4n) is 3.31. The van der Waals surface area contributed by atoms with Gasteiger partial charge in [-0.2, -0.15) is 0 Å². The van der Waals surface area contributed by atoms with Crippen LogP contribution in [0.2, 0.25) is 5.02 Å². The number of thiocarbonyl (C=S) groups is 1. The van der Waals surface area contributed by atoms with E-state index in [0.717, 1.165) is 6.42 Å². The first kappa shape index (κ1) is 23.7. The van der Waals surface area contributed by atoms with Crippen molar-refractivity contribution >= 4 is 46.2 Å². The number of nitrogens with zero attached hydrogens (tertiary/aromatic N) is 3. The maximum Gasteiger partial charge on any atom is 0.294 e. The van der Waals surface area contributed by atoms with Crippen molar-refractivity contribution < 1.29 is 14.5 Å². The Morgan fingerprint density at radius 1 is 1.22 bits per heavy atom. The molecule has 1 aliphatic rings. The van der Waals surface area contributed by atoms with Crippen LogP contribution in [0.25, 0.3) is 0 Å². The van der Waals surface area contributed by atoms with Gasteiger partial charge in [0.2, 0.25) is 0 Å². The van der Waals surface area contributed by atoms with Crippen molar-refractivity contribution in [1.82, 2.24) is 10.2 Å². The number of carbonyl (C=O) groups excluding carboxylic acids is 1. The number of carbonyl (C=O) groups is 1. The molecule has 0 bridgehead atoms. The van der Waals surface area contributed by atoms with Crippen LogP contribution in [0.1, 0.15) is 30.6 Å². The van der Waals surface area contributed by atoms with Gasteiger partial charge in [0.05, 0.1) is 11.0 Å². The molecule has 32 heavy (non-hydrogen) atoms. The lowest BCUT2D eigenvalue weighted by atomic mass is 10.2. The van der Waals surface area contributed by atoms with Gasteiger partial charge >= 0.3 is 0 Å². The second-order valence-corrected chi connectivity index (χ2v) is 8.31. The molecule has 1 atom stereocenters. The highest BCUT2D eigenvalue weighted by Crippen LogP contribution is 2.31. The molecule has 0 saturated carbocycles. The van der Waals surface area contributed by atoms with E-state index in [2.05, 4.69) is 5.32 Å². The molecule has 1 N–H and O–H groups in total. The van der Waals surface area contributed by atoms with Gasteiger partial charge in [-0.25, -0.2) is 0 Å². The van der Waals surface area contributed by atoms with Gasteiger partial charge in [0.1, 0.15) is 11.4 Å². The van der Waals surface area contributed by atoms with Crippen LogP contribution in [0.5, 0.6) is 5.75 Å². The molecular formula is C22H25ClN4O4S. The molecule has 0 unspecified atom stereocenters. The minimum Gasteiger partial charge on any atom is -0.491 e. The smallest absolute Gasteiger partial charge is 0.294 e. The molecule has 2 aromatic carbocycles. The van der Waals surface area contributed by atoms with Crippen molar-refractivity contribution in [3.05, 3.63) is 63.2 Å². The van der Waals surface area contributed by atoms with Crippen LogP contribution >= 0.6 is 23.8 Å². The highest BCUT2D eigenvalue weighted by atomic mass is 35.5. The van der Waals surface area contributed by atoms with E-state index in [-0.39, 0.29) is 17.7 Å². The van der Waals surface area contributed by atoms with Crippen molar-refractivity contribution in [3.8, 4) is 5.75 Å². The topological polar surface area (TPSA) is 88.0 Å². The van der Waals surface area contributed by atoms with Crippen molar-refractivity contribution in [2.75, 3.05) is 31.1 Å². The maximum atomic E-state index is 12.6. The number of hydrogen-bond acceptors (Lipinski definition) is 6. The number of rotatable bonds is 6. The summed E-state index contributed by atoms with van der Waals surface area (Å²) in [6, 6.07) is 11.6. The third-order valence-electron chi connectivity index (χ3n) is 5.29. The molecule has 1 saturated heterocycles. The van der Waals surface area contributed by atoms with Crippen LogP contribution in [0, 0.1) is 10.1 Å². The first-order valence-corrected chi connectivity index (χ1v) is 11.1.